The molecule has 1 aromatic carbocycles. The molecule has 1 amide bonds. The molecular formula is C13H14BrF2NO2. The Labute approximate surface area is 118 Å². The second kappa shape index (κ2) is 7.35. The minimum Gasteiger partial charge on any atom is -0.375 e. The second-order valence-corrected chi connectivity index (χ2v) is 4.93. The Morgan fingerprint density at radius 1 is 1.42 bits per heavy atom. The van der Waals surface area contributed by atoms with Crippen molar-refractivity contribution in [1.29, 1.82) is 0 Å². The highest BCUT2D eigenvalue weighted by Gasteiger charge is 2.17. The van der Waals surface area contributed by atoms with E-state index in [1.807, 2.05) is 6.92 Å². The molecule has 0 atom stereocenters. The lowest BCUT2D eigenvalue weighted by molar-refractivity contribution is 0.0918. The average molecular weight is 334 g/mol. The van der Waals surface area contributed by atoms with Crippen molar-refractivity contribution in [1.82, 2.24) is 5.32 Å². The summed E-state index contributed by atoms with van der Waals surface area (Å²) < 4.78 is 32.3. The Balaban J connectivity index is 2.52. The van der Waals surface area contributed by atoms with Gasteiger partial charge in [-0.05, 0) is 19.1 Å². The summed E-state index contributed by atoms with van der Waals surface area (Å²) in [5, 5.41) is 2.38. The van der Waals surface area contributed by atoms with Gasteiger partial charge in [0.1, 0.15) is 17.2 Å². The molecule has 104 valence electrons. The summed E-state index contributed by atoms with van der Waals surface area (Å²) in [6.45, 7) is 6.26. The SMILES string of the molecule is C=C(C)COCCNC(=O)c1c(F)cc(Br)cc1F. The van der Waals surface area contributed by atoms with Gasteiger partial charge in [-0.3, -0.25) is 4.79 Å². The number of hydrogen-bond acceptors (Lipinski definition) is 2. The summed E-state index contributed by atoms with van der Waals surface area (Å²) in [4.78, 5) is 11.6. The van der Waals surface area contributed by atoms with Crippen LogP contribution < -0.4 is 5.32 Å². The summed E-state index contributed by atoms with van der Waals surface area (Å²) in [7, 11) is 0. The molecule has 1 rings (SSSR count). The first-order valence-corrected chi connectivity index (χ1v) is 6.36. The molecule has 0 aliphatic rings. The topological polar surface area (TPSA) is 38.3 Å². The highest BCUT2D eigenvalue weighted by Crippen LogP contribution is 2.19. The van der Waals surface area contributed by atoms with E-state index in [0.717, 1.165) is 17.7 Å². The molecule has 6 heteroatoms. The summed E-state index contributed by atoms with van der Waals surface area (Å²) in [6.07, 6.45) is 0. The summed E-state index contributed by atoms with van der Waals surface area (Å²) in [5.41, 5.74) is 0.263. The fraction of sp³-hybridized carbons (Fsp3) is 0.308. The number of hydrogen-bond donors (Lipinski definition) is 1. The maximum absolute atomic E-state index is 13.5. The first kappa shape index (κ1) is 15.8. The predicted octanol–water partition coefficient (Wildman–Crippen LogP) is 3.05. The van der Waals surface area contributed by atoms with Crippen molar-refractivity contribution in [2.24, 2.45) is 0 Å². The quantitative estimate of drug-likeness (QED) is 0.641. The molecule has 1 N–H and O–H groups in total. The Bertz CT molecular complexity index is 469. The molecule has 0 bridgehead atoms. The van der Waals surface area contributed by atoms with Crippen LogP contribution in [-0.4, -0.2) is 25.7 Å². The number of benzene rings is 1. The molecule has 3 nitrogen and oxygen atoms in total. The molecule has 19 heavy (non-hydrogen) atoms. The molecule has 0 aliphatic heterocycles. The largest absolute Gasteiger partial charge is 0.375 e. The molecule has 0 fully saturated rings. The maximum Gasteiger partial charge on any atom is 0.257 e. The molecule has 0 saturated carbocycles. The Kier molecular flexibility index (Phi) is 6.11. The highest BCUT2D eigenvalue weighted by atomic mass is 79.9. The third-order valence-corrected chi connectivity index (χ3v) is 2.57. The van der Waals surface area contributed by atoms with Gasteiger partial charge in [-0.15, -0.1) is 0 Å². The van der Waals surface area contributed by atoms with Crippen LogP contribution in [0.15, 0.2) is 28.8 Å². The normalized spacial score (nSPS) is 10.3. The fourth-order valence-corrected chi connectivity index (χ4v) is 1.73. The van der Waals surface area contributed by atoms with E-state index < -0.39 is 23.1 Å². The summed E-state index contributed by atoms with van der Waals surface area (Å²) >= 11 is 2.94. The van der Waals surface area contributed by atoms with Crippen LogP contribution >= 0.6 is 15.9 Å². The lowest BCUT2D eigenvalue weighted by Gasteiger charge is -2.08. The minimum atomic E-state index is -0.910. The van der Waals surface area contributed by atoms with Crippen molar-refractivity contribution in [3.8, 4) is 0 Å². The van der Waals surface area contributed by atoms with Gasteiger partial charge in [0.25, 0.3) is 5.91 Å². The number of amides is 1. The summed E-state index contributed by atoms with van der Waals surface area (Å²) in [6, 6.07) is 2.07. The van der Waals surface area contributed by atoms with Gasteiger partial charge in [0.05, 0.1) is 13.2 Å². The lowest BCUT2D eigenvalue weighted by atomic mass is 10.2. The summed E-state index contributed by atoms with van der Waals surface area (Å²) in [5.74, 6) is -2.62. The van der Waals surface area contributed by atoms with Crippen LogP contribution in [0.25, 0.3) is 0 Å². The van der Waals surface area contributed by atoms with E-state index >= 15 is 0 Å². The van der Waals surface area contributed by atoms with E-state index in [2.05, 4.69) is 27.8 Å². The average Bonchev–Trinajstić information content (AvgIpc) is 2.26. The fourth-order valence-electron chi connectivity index (χ4n) is 1.33. The molecule has 0 saturated heterocycles. The molecule has 0 aliphatic carbocycles. The van der Waals surface area contributed by atoms with Crippen molar-refractivity contribution >= 4 is 21.8 Å². The van der Waals surface area contributed by atoms with E-state index in [0.29, 0.717) is 6.61 Å². The van der Waals surface area contributed by atoms with E-state index in [4.69, 9.17) is 4.74 Å². The molecule has 1 aromatic rings. The van der Waals surface area contributed by atoms with Crippen LogP contribution in [0, 0.1) is 11.6 Å². The van der Waals surface area contributed by atoms with Crippen LogP contribution in [0.4, 0.5) is 8.78 Å². The van der Waals surface area contributed by atoms with Crippen molar-refractivity contribution in [2.75, 3.05) is 19.8 Å². The number of nitrogens with one attached hydrogen (secondary N) is 1. The first-order valence-electron chi connectivity index (χ1n) is 5.56. The second-order valence-electron chi connectivity index (χ2n) is 4.01. The van der Waals surface area contributed by atoms with Crippen molar-refractivity contribution in [2.45, 2.75) is 6.92 Å². The van der Waals surface area contributed by atoms with Gasteiger partial charge < -0.3 is 10.1 Å². The highest BCUT2D eigenvalue weighted by molar-refractivity contribution is 9.10. The monoisotopic (exact) mass is 333 g/mol. The van der Waals surface area contributed by atoms with Gasteiger partial charge in [-0.2, -0.15) is 0 Å². The number of carbonyl (C=O) groups is 1. The first-order chi connectivity index (χ1) is 8.91. The Morgan fingerprint density at radius 3 is 2.53 bits per heavy atom. The van der Waals surface area contributed by atoms with Gasteiger partial charge in [-0.1, -0.05) is 28.1 Å². The Morgan fingerprint density at radius 2 is 2.00 bits per heavy atom. The van der Waals surface area contributed by atoms with Crippen molar-refractivity contribution in [3.63, 3.8) is 0 Å². The zero-order valence-electron chi connectivity index (χ0n) is 10.4. The third kappa shape index (κ3) is 5.08. The van der Waals surface area contributed by atoms with Gasteiger partial charge >= 0.3 is 0 Å². The number of ether oxygens (including phenoxy) is 1. The van der Waals surface area contributed by atoms with Crippen LogP contribution in [0.3, 0.4) is 0 Å². The number of rotatable bonds is 6. The molecular weight excluding hydrogens is 320 g/mol. The molecule has 0 unspecified atom stereocenters. The molecule has 0 spiro atoms. The number of halogens is 3. The lowest BCUT2D eigenvalue weighted by Crippen LogP contribution is -2.29. The zero-order chi connectivity index (χ0) is 14.4. The third-order valence-electron chi connectivity index (χ3n) is 2.11. The van der Waals surface area contributed by atoms with E-state index in [1.165, 1.54) is 0 Å². The van der Waals surface area contributed by atoms with Crippen molar-refractivity contribution in [3.05, 3.63) is 46.0 Å². The van der Waals surface area contributed by atoms with Gasteiger partial charge in [-0.25, -0.2) is 8.78 Å². The standard InChI is InChI=1S/C13H14BrF2NO2/c1-8(2)7-19-4-3-17-13(18)12-10(15)5-9(14)6-11(12)16/h5-6H,1,3-4,7H2,2H3,(H,17,18). The van der Waals surface area contributed by atoms with Crippen LogP contribution in [0.5, 0.6) is 0 Å². The smallest absolute Gasteiger partial charge is 0.257 e. The van der Waals surface area contributed by atoms with E-state index in [9.17, 15) is 13.6 Å². The minimum absolute atomic E-state index is 0.168. The van der Waals surface area contributed by atoms with E-state index in [1.54, 1.807) is 0 Å². The van der Waals surface area contributed by atoms with Crippen molar-refractivity contribution < 1.29 is 18.3 Å². The van der Waals surface area contributed by atoms with E-state index in [-0.39, 0.29) is 17.6 Å². The number of carbonyl (C=O) groups excluding carboxylic acids is 1. The molecule has 0 heterocycles. The Hall–Kier alpha value is -1.27. The zero-order valence-corrected chi connectivity index (χ0v) is 12.0. The van der Waals surface area contributed by atoms with Crippen LogP contribution in [0.1, 0.15) is 17.3 Å². The molecule has 0 radical (unpaired) electrons. The van der Waals surface area contributed by atoms with Crippen LogP contribution in [0.2, 0.25) is 0 Å². The maximum atomic E-state index is 13.5. The molecule has 0 aromatic heterocycles. The van der Waals surface area contributed by atoms with Gasteiger partial charge in [0.15, 0.2) is 0 Å². The van der Waals surface area contributed by atoms with Crippen LogP contribution in [-0.2, 0) is 4.74 Å². The van der Waals surface area contributed by atoms with Gasteiger partial charge in [0.2, 0.25) is 0 Å². The van der Waals surface area contributed by atoms with Gasteiger partial charge in [0, 0.05) is 11.0 Å². The predicted molar refractivity (Wildman–Crippen MR) is 72.0 cm³/mol.